The maximum Gasteiger partial charge on any atom is 0.232 e. The van der Waals surface area contributed by atoms with E-state index in [0.717, 1.165) is 11.4 Å². The van der Waals surface area contributed by atoms with Gasteiger partial charge in [0.25, 0.3) is 0 Å². The van der Waals surface area contributed by atoms with Gasteiger partial charge in [0.1, 0.15) is 10.5 Å². The topological polar surface area (TPSA) is 80.9 Å². The fourth-order valence-electron chi connectivity index (χ4n) is 1.74. The summed E-state index contributed by atoms with van der Waals surface area (Å²) in [5.41, 5.74) is 1.67. The molecular weight excluding hydrogens is 288 g/mol. The quantitative estimate of drug-likeness (QED) is 0.576. The molecule has 0 aliphatic carbocycles. The molecule has 2 aromatic heterocycles. The van der Waals surface area contributed by atoms with Crippen molar-refractivity contribution in [2.45, 2.75) is 13.3 Å². The third-order valence-corrected chi connectivity index (χ3v) is 3.79. The molecule has 0 amide bonds. The van der Waals surface area contributed by atoms with Crippen molar-refractivity contribution in [1.29, 1.82) is 0 Å². The molecule has 7 heteroatoms. The predicted octanol–water partition coefficient (Wildman–Crippen LogP) is 2.89. The minimum absolute atomic E-state index is 0.277. The van der Waals surface area contributed by atoms with Gasteiger partial charge in [-0.2, -0.15) is 0 Å². The molecule has 0 spiro atoms. The molecule has 0 aliphatic rings. The summed E-state index contributed by atoms with van der Waals surface area (Å²) in [5, 5.41) is 12.5. The first-order valence-electron chi connectivity index (χ1n) is 6.40. The van der Waals surface area contributed by atoms with Crippen LogP contribution in [0.25, 0.3) is 16.7 Å². The van der Waals surface area contributed by atoms with Crippen LogP contribution in [0.2, 0.25) is 0 Å². The van der Waals surface area contributed by atoms with Crippen LogP contribution >= 0.6 is 11.3 Å². The van der Waals surface area contributed by atoms with E-state index in [1.807, 2.05) is 25.1 Å². The summed E-state index contributed by atoms with van der Waals surface area (Å²) in [6.45, 7) is 2.01. The number of benzene rings is 1. The van der Waals surface area contributed by atoms with Crippen LogP contribution in [0.1, 0.15) is 17.8 Å². The van der Waals surface area contributed by atoms with Gasteiger partial charge in [0.05, 0.1) is 5.57 Å². The minimum atomic E-state index is 0.277. The Morgan fingerprint density at radius 2 is 2.24 bits per heavy atom. The van der Waals surface area contributed by atoms with Gasteiger partial charge in [0, 0.05) is 6.20 Å². The summed E-state index contributed by atoms with van der Waals surface area (Å²) in [4.78, 5) is 15.5. The standard InChI is InChI=1S/C14H12N4O2S/c1-2-12-17-18-14(21-12)15-7-9(8-19)13-16-10-5-3-4-6-11(10)20-13/h3-8H,2H2,1H3,(H,15,18)/b9-7+. The minimum Gasteiger partial charge on any atom is -0.436 e. The van der Waals surface area contributed by atoms with E-state index in [0.29, 0.717) is 28.1 Å². The Balaban J connectivity index is 1.86. The number of nitrogens with one attached hydrogen (secondary N) is 1. The van der Waals surface area contributed by atoms with Crippen molar-refractivity contribution in [1.82, 2.24) is 15.2 Å². The van der Waals surface area contributed by atoms with Gasteiger partial charge >= 0.3 is 0 Å². The summed E-state index contributed by atoms with van der Waals surface area (Å²) in [5.74, 6) is 0.277. The van der Waals surface area contributed by atoms with E-state index >= 15 is 0 Å². The van der Waals surface area contributed by atoms with Crippen molar-refractivity contribution in [3.8, 4) is 0 Å². The number of carbonyl (C=O) groups excluding carboxylic acids is 1. The maximum atomic E-state index is 11.2. The van der Waals surface area contributed by atoms with E-state index in [-0.39, 0.29) is 5.89 Å². The van der Waals surface area contributed by atoms with Crippen molar-refractivity contribution in [2.75, 3.05) is 5.32 Å². The van der Waals surface area contributed by atoms with Crippen LogP contribution in [-0.4, -0.2) is 21.5 Å². The lowest BCUT2D eigenvalue weighted by atomic mass is 10.3. The Bertz CT molecular complexity index is 773. The smallest absolute Gasteiger partial charge is 0.232 e. The number of aldehydes is 1. The Labute approximate surface area is 124 Å². The molecule has 106 valence electrons. The third kappa shape index (κ3) is 2.82. The highest BCUT2D eigenvalue weighted by Crippen LogP contribution is 2.21. The molecule has 0 unspecified atom stereocenters. The van der Waals surface area contributed by atoms with Crippen LogP contribution in [0.15, 0.2) is 34.9 Å². The van der Waals surface area contributed by atoms with Crippen LogP contribution in [0.4, 0.5) is 5.13 Å². The van der Waals surface area contributed by atoms with Crippen molar-refractivity contribution in [3.63, 3.8) is 0 Å². The fourth-order valence-corrected chi connectivity index (χ4v) is 2.38. The van der Waals surface area contributed by atoms with Gasteiger partial charge in [0.2, 0.25) is 11.0 Å². The van der Waals surface area contributed by atoms with Crippen molar-refractivity contribution >= 4 is 39.4 Å². The molecule has 6 nitrogen and oxygen atoms in total. The number of rotatable bonds is 5. The molecule has 0 aliphatic heterocycles. The molecule has 0 saturated carbocycles. The summed E-state index contributed by atoms with van der Waals surface area (Å²) < 4.78 is 5.55. The first-order valence-corrected chi connectivity index (χ1v) is 7.22. The van der Waals surface area contributed by atoms with Crippen molar-refractivity contribution in [2.24, 2.45) is 0 Å². The largest absolute Gasteiger partial charge is 0.436 e. The van der Waals surface area contributed by atoms with Gasteiger partial charge in [-0.05, 0) is 18.6 Å². The zero-order chi connectivity index (χ0) is 14.7. The van der Waals surface area contributed by atoms with Gasteiger partial charge in [-0.25, -0.2) is 4.98 Å². The first-order chi connectivity index (χ1) is 10.3. The second-order valence-corrected chi connectivity index (χ2v) is 5.27. The predicted molar refractivity (Wildman–Crippen MR) is 81.0 cm³/mol. The van der Waals surface area contributed by atoms with Gasteiger partial charge in [-0.3, -0.25) is 4.79 Å². The van der Waals surface area contributed by atoms with Gasteiger partial charge in [0.15, 0.2) is 11.9 Å². The maximum absolute atomic E-state index is 11.2. The molecule has 1 N–H and O–H groups in total. The SMILES string of the molecule is CCc1nnc(N/C=C(\C=O)c2nc3ccccc3o2)s1. The first kappa shape index (κ1) is 13.4. The number of oxazole rings is 1. The van der Waals surface area contributed by atoms with Gasteiger partial charge < -0.3 is 9.73 Å². The Morgan fingerprint density at radius 3 is 2.95 bits per heavy atom. The Hall–Kier alpha value is -2.54. The lowest BCUT2D eigenvalue weighted by Gasteiger charge is -1.95. The van der Waals surface area contributed by atoms with E-state index in [2.05, 4.69) is 20.5 Å². The van der Waals surface area contributed by atoms with Crippen LogP contribution < -0.4 is 5.32 Å². The number of hydrogen-bond acceptors (Lipinski definition) is 7. The second-order valence-electron chi connectivity index (χ2n) is 4.20. The summed E-state index contributed by atoms with van der Waals surface area (Å²) >= 11 is 1.44. The summed E-state index contributed by atoms with van der Waals surface area (Å²) in [6.07, 6.45) is 3.05. The van der Waals surface area contributed by atoms with Gasteiger partial charge in [-0.15, -0.1) is 10.2 Å². The fraction of sp³-hybridized carbons (Fsp3) is 0.143. The molecule has 3 aromatic rings. The Morgan fingerprint density at radius 1 is 1.38 bits per heavy atom. The van der Waals surface area contributed by atoms with E-state index in [1.54, 1.807) is 6.07 Å². The van der Waals surface area contributed by atoms with Crippen LogP contribution in [0.5, 0.6) is 0 Å². The number of nitrogens with zero attached hydrogens (tertiary/aromatic N) is 3. The van der Waals surface area contributed by atoms with Crippen molar-refractivity contribution in [3.05, 3.63) is 41.4 Å². The van der Waals surface area contributed by atoms with Crippen LogP contribution in [0.3, 0.4) is 0 Å². The zero-order valence-corrected chi connectivity index (χ0v) is 12.1. The number of fused-ring (bicyclic) bond motifs is 1. The number of para-hydroxylation sites is 2. The van der Waals surface area contributed by atoms with Crippen LogP contribution in [0, 0.1) is 0 Å². The highest BCUT2D eigenvalue weighted by molar-refractivity contribution is 7.15. The molecule has 3 rings (SSSR count). The third-order valence-electron chi connectivity index (χ3n) is 2.79. The molecule has 1 aromatic carbocycles. The molecule has 21 heavy (non-hydrogen) atoms. The van der Waals surface area contributed by atoms with Crippen molar-refractivity contribution < 1.29 is 9.21 Å². The lowest BCUT2D eigenvalue weighted by Crippen LogP contribution is -1.93. The number of anilines is 1. The number of hydrogen-bond donors (Lipinski definition) is 1. The molecule has 0 saturated heterocycles. The van der Waals surface area contributed by atoms with E-state index in [4.69, 9.17) is 4.42 Å². The summed E-state index contributed by atoms with van der Waals surface area (Å²) in [6, 6.07) is 7.36. The average molecular weight is 300 g/mol. The second kappa shape index (κ2) is 5.84. The number of aryl methyl sites for hydroxylation is 1. The number of carbonyl (C=O) groups is 1. The highest BCUT2D eigenvalue weighted by atomic mass is 32.1. The molecular formula is C14H12N4O2S. The zero-order valence-electron chi connectivity index (χ0n) is 11.2. The van der Waals surface area contributed by atoms with Gasteiger partial charge in [-0.1, -0.05) is 30.4 Å². The number of aromatic nitrogens is 3. The van der Waals surface area contributed by atoms with E-state index < -0.39 is 0 Å². The molecule has 0 radical (unpaired) electrons. The lowest BCUT2D eigenvalue weighted by molar-refractivity contribution is -0.103. The Kier molecular flexibility index (Phi) is 3.74. The summed E-state index contributed by atoms with van der Waals surface area (Å²) in [7, 11) is 0. The van der Waals surface area contributed by atoms with Crippen LogP contribution in [-0.2, 0) is 11.2 Å². The normalized spacial score (nSPS) is 11.8. The highest BCUT2D eigenvalue weighted by Gasteiger charge is 2.10. The van der Waals surface area contributed by atoms with E-state index in [1.165, 1.54) is 17.5 Å². The molecule has 0 bridgehead atoms. The molecule has 2 heterocycles. The monoisotopic (exact) mass is 300 g/mol. The molecule has 0 atom stereocenters. The number of allylic oxidation sites excluding steroid dienone is 1. The average Bonchev–Trinajstić information content (AvgIpc) is 3.14. The van der Waals surface area contributed by atoms with E-state index in [9.17, 15) is 4.79 Å². The molecule has 0 fully saturated rings.